The highest BCUT2D eigenvalue weighted by Crippen LogP contribution is 2.23. The van der Waals surface area contributed by atoms with E-state index < -0.39 is 0 Å². The molecule has 0 bridgehead atoms. The number of hydrogen-bond acceptors (Lipinski definition) is 2. The number of nitrogens with zero attached hydrogens (tertiary/aromatic N) is 1. The first kappa shape index (κ1) is 13.2. The summed E-state index contributed by atoms with van der Waals surface area (Å²) in [5.74, 6) is 0. The lowest BCUT2D eigenvalue weighted by atomic mass is 10.1. The lowest BCUT2D eigenvalue weighted by Gasteiger charge is -2.26. The van der Waals surface area contributed by atoms with Gasteiger partial charge in [0.2, 0.25) is 0 Å². The van der Waals surface area contributed by atoms with E-state index in [4.69, 9.17) is 0 Å². The SMILES string of the molecule is Brc1ccc2c(CCCN3CCNCC3)c[nH]c2c1. The third-order valence-electron chi connectivity index (χ3n) is 3.86. The third kappa shape index (κ3) is 3.19. The van der Waals surface area contributed by atoms with E-state index in [0.717, 1.165) is 24.0 Å². The Balaban J connectivity index is 1.59. The van der Waals surface area contributed by atoms with E-state index in [9.17, 15) is 0 Å². The molecule has 4 heteroatoms. The summed E-state index contributed by atoms with van der Waals surface area (Å²) >= 11 is 3.51. The lowest BCUT2D eigenvalue weighted by molar-refractivity contribution is 0.238. The molecular weight excluding hydrogens is 302 g/mol. The zero-order valence-corrected chi connectivity index (χ0v) is 12.7. The minimum absolute atomic E-state index is 1.13. The van der Waals surface area contributed by atoms with Gasteiger partial charge in [0, 0.05) is 47.8 Å². The molecule has 1 aromatic carbocycles. The van der Waals surface area contributed by atoms with E-state index in [1.807, 2.05) is 0 Å². The molecule has 0 saturated carbocycles. The van der Waals surface area contributed by atoms with Gasteiger partial charge in [-0.1, -0.05) is 22.0 Å². The predicted molar refractivity (Wildman–Crippen MR) is 83.6 cm³/mol. The maximum Gasteiger partial charge on any atom is 0.0468 e. The van der Waals surface area contributed by atoms with Crippen LogP contribution in [-0.2, 0) is 6.42 Å². The van der Waals surface area contributed by atoms with Crippen LogP contribution >= 0.6 is 15.9 Å². The first-order valence-corrected chi connectivity index (χ1v) is 7.81. The number of hydrogen-bond donors (Lipinski definition) is 2. The summed E-state index contributed by atoms with van der Waals surface area (Å²) < 4.78 is 1.13. The van der Waals surface area contributed by atoms with Crippen LogP contribution in [0, 0.1) is 0 Å². The highest BCUT2D eigenvalue weighted by Gasteiger charge is 2.09. The van der Waals surface area contributed by atoms with E-state index >= 15 is 0 Å². The zero-order valence-electron chi connectivity index (χ0n) is 11.1. The van der Waals surface area contributed by atoms with Crippen LogP contribution in [0.4, 0.5) is 0 Å². The normalized spacial score (nSPS) is 17.1. The van der Waals surface area contributed by atoms with Crippen molar-refractivity contribution in [1.82, 2.24) is 15.2 Å². The molecule has 2 N–H and O–H groups in total. The molecule has 0 amide bonds. The molecular formula is C15H20BrN3. The van der Waals surface area contributed by atoms with Crippen LogP contribution in [0.3, 0.4) is 0 Å². The fraction of sp³-hybridized carbons (Fsp3) is 0.467. The van der Waals surface area contributed by atoms with Gasteiger partial charge in [0.05, 0.1) is 0 Å². The van der Waals surface area contributed by atoms with Gasteiger partial charge in [-0.15, -0.1) is 0 Å². The van der Waals surface area contributed by atoms with Crippen LogP contribution in [-0.4, -0.2) is 42.6 Å². The number of aryl methyl sites for hydroxylation is 1. The van der Waals surface area contributed by atoms with Crippen LogP contribution in [0.2, 0.25) is 0 Å². The van der Waals surface area contributed by atoms with Crippen molar-refractivity contribution >= 4 is 26.8 Å². The van der Waals surface area contributed by atoms with E-state index in [1.54, 1.807) is 0 Å². The number of nitrogens with one attached hydrogen (secondary N) is 2. The Bertz CT molecular complexity index is 543. The van der Waals surface area contributed by atoms with Gasteiger partial charge < -0.3 is 15.2 Å². The second-order valence-corrected chi connectivity index (χ2v) is 6.11. The summed E-state index contributed by atoms with van der Waals surface area (Å²) in [6, 6.07) is 6.47. The van der Waals surface area contributed by atoms with Crippen molar-refractivity contribution < 1.29 is 0 Å². The molecule has 1 aromatic heterocycles. The first-order chi connectivity index (χ1) is 9.33. The van der Waals surface area contributed by atoms with Crippen molar-refractivity contribution in [3.8, 4) is 0 Å². The molecule has 3 rings (SSSR count). The third-order valence-corrected chi connectivity index (χ3v) is 4.35. The summed E-state index contributed by atoms with van der Waals surface area (Å²) in [4.78, 5) is 5.92. The Morgan fingerprint density at radius 2 is 2.05 bits per heavy atom. The molecule has 19 heavy (non-hydrogen) atoms. The van der Waals surface area contributed by atoms with Crippen LogP contribution in [0.5, 0.6) is 0 Å². The van der Waals surface area contributed by atoms with Gasteiger partial charge >= 0.3 is 0 Å². The van der Waals surface area contributed by atoms with Gasteiger partial charge in [-0.25, -0.2) is 0 Å². The Labute approximate surface area is 122 Å². The topological polar surface area (TPSA) is 31.1 Å². The van der Waals surface area contributed by atoms with E-state index in [0.29, 0.717) is 0 Å². The van der Waals surface area contributed by atoms with E-state index in [-0.39, 0.29) is 0 Å². The molecule has 1 fully saturated rings. The maximum absolute atomic E-state index is 3.51. The molecule has 102 valence electrons. The van der Waals surface area contributed by atoms with E-state index in [1.165, 1.54) is 42.5 Å². The second-order valence-electron chi connectivity index (χ2n) is 5.20. The van der Waals surface area contributed by atoms with Gasteiger partial charge in [0.15, 0.2) is 0 Å². The van der Waals surface area contributed by atoms with Crippen molar-refractivity contribution in [2.75, 3.05) is 32.7 Å². The van der Waals surface area contributed by atoms with Gasteiger partial charge in [0.1, 0.15) is 0 Å². The summed E-state index contributed by atoms with van der Waals surface area (Å²) in [6.45, 7) is 5.88. The van der Waals surface area contributed by atoms with Crippen molar-refractivity contribution in [1.29, 1.82) is 0 Å². The Morgan fingerprint density at radius 3 is 2.89 bits per heavy atom. The highest BCUT2D eigenvalue weighted by molar-refractivity contribution is 9.10. The van der Waals surface area contributed by atoms with E-state index in [2.05, 4.69) is 55.5 Å². The second kappa shape index (κ2) is 6.07. The van der Waals surface area contributed by atoms with Crippen molar-refractivity contribution in [2.45, 2.75) is 12.8 Å². The van der Waals surface area contributed by atoms with Crippen molar-refractivity contribution in [3.05, 3.63) is 34.4 Å². The average Bonchev–Trinajstić information content (AvgIpc) is 2.82. The van der Waals surface area contributed by atoms with Gasteiger partial charge in [-0.05, 0) is 37.1 Å². The Hall–Kier alpha value is -0.840. The summed E-state index contributed by atoms with van der Waals surface area (Å²) in [5.41, 5.74) is 2.67. The minimum Gasteiger partial charge on any atom is -0.361 e. The summed E-state index contributed by atoms with van der Waals surface area (Å²) in [5, 5.41) is 4.76. The molecule has 0 spiro atoms. The fourth-order valence-corrected chi connectivity index (χ4v) is 3.15. The first-order valence-electron chi connectivity index (χ1n) is 7.01. The standard InChI is InChI=1S/C15H20BrN3/c16-13-3-4-14-12(11-18-15(14)10-13)2-1-7-19-8-5-17-6-9-19/h3-4,10-11,17-18H,1-2,5-9H2. The van der Waals surface area contributed by atoms with Crippen LogP contribution in [0.25, 0.3) is 10.9 Å². The number of aromatic amines is 1. The molecule has 2 heterocycles. The smallest absolute Gasteiger partial charge is 0.0468 e. The number of benzene rings is 1. The van der Waals surface area contributed by atoms with Crippen molar-refractivity contribution in [2.24, 2.45) is 0 Å². The number of halogens is 1. The number of H-pyrrole nitrogens is 1. The molecule has 0 unspecified atom stereocenters. The zero-order chi connectivity index (χ0) is 13.1. The molecule has 0 aliphatic carbocycles. The minimum atomic E-state index is 1.13. The molecule has 0 radical (unpaired) electrons. The largest absolute Gasteiger partial charge is 0.361 e. The maximum atomic E-state index is 3.51. The molecule has 1 aliphatic heterocycles. The fourth-order valence-electron chi connectivity index (χ4n) is 2.79. The molecule has 3 nitrogen and oxygen atoms in total. The van der Waals surface area contributed by atoms with Crippen LogP contribution < -0.4 is 5.32 Å². The van der Waals surface area contributed by atoms with Gasteiger partial charge in [-0.3, -0.25) is 0 Å². The monoisotopic (exact) mass is 321 g/mol. The summed E-state index contributed by atoms with van der Waals surface area (Å²) in [6.07, 6.45) is 4.56. The lowest BCUT2D eigenvalue weighted by Crippen LogP contribution is -2.43. The van der Waals surface area contributed by atoms with Gasteiger partial charge in [0.25, 0.3) is 0 Å². The number of fused-ring (bicyclic) bond motifs is 1. The van der Waals surface area contributed by atoms with Crippen LogP contribution in [0.15, 0.2) is 28.9 Å². The highest BCUT2D eigenvalue weighted by atomic mass is 79.9. The molecule has 1 aliphatic rings. The number of aromatic nitrogens is 1. The predicted octanol–water partition coefficient (Wildman–Crippen LogP) is 2.77. The van der Waals surface area contributed by atoms with Crippen molar-refractivity contribution in [3.63, 3.8) is 0 Å². The molecule has 1 saturated heterocycles. The molecule has 2 aromatic rings. The van der Waals surface area contributed by atoms with Gasteiger partial charge in [-0.2, -0.15) is 0 Å². The Kier molecular flexibility index (Phi) is 4.21. The van der Waals surface area contributed by atoms with Crippen LogP contribution in [0.1, 0.15) is 12.0 Å². The molecule has 0 atom stereocenters. The quantitative estimate of drug-likeness (QED) is 0.907. The Morgan fingerprint density at radius 1 is 1.21 bits per heavy atom. The summed E-state index contributed by atoms with van der Waals surface area (Å²) in [7, 11) is 0. The number of piperazine rings is 1. The number of rotatable bonds is 4. The average molecular weight is 322 g/mol.